The number of likely N-dealkylation sites (N-methyl/N-ethyl adjacent to an activating group) is 1. The summed E-state index contributed by atoms with van der Waals surface area (Å²) in [6.07, 6.45) is 3.66. The molecule has 120 valence electrons. The van der Waals surface area contributed by atoms with Crippen molar-refractivity contribution in [2.24, 2.45) is 0 Å². The third kappa shape index (κ3) is 1.51. The number of allylic oxidation sites excluding steroid dienone is 1. The Balaban J connectivity index is 1.95. The van der Waals surface area contributed by atoms with E-state index in [0.717, 1.165) is 16.0 Å². The van der Waals surface area contributed by atoms with Gasteiger partial charge < -0.3 is 9.64 Å². The van der Waals surface area contributed by atoms with E-state index in [1.165, 1.54) is 11.9 Å². The van der Waals surface area contributed by atoms with Crippen molar-refractivity contribution in [3.05, 3.63) is 41.5 Å². The molecular formula is C17H17FN2O3. The van der Waals surface area contributed by atoms with E-state index in [9.17, 15) is 9.59 Å². The number of carbonyl (C=O) groups excluding carboxylic acids is 2. The first-order valence-corrected chi connectivity index (χ1v) is 7.51. The lowest BCUT2D eigenvalue weighted by molar-refractivity contribution is -0.153. The number of methoxy groups -OCH3 is 1. The van der Waals surface area contributed by atoms with Gasteiger partial charge in [0.25, 0.3) is 5.91 Å². The minimum absolute atomic E-state index is 0.336. The van der Waals surface area contributed by atoms with Gasteiger partial charge in [-0.05, 0) is 23.3 Å². The van der Waals surface area contributed by atoms with Crippen LogP contribution in [0.2, 0.25) is 0 Å². The van der Waals surface area contributed by atoms with Crippen LogP contribution in [0.5, 0.6) is 5.75 Å². The third-order valence-corrected chi connectivity index (χ3v) is 5.36. The van der Waals surface area contributed by atoms with Gasteiger partial charge in [0.15, 0.2) is 0 Å². The molecule has 5 rings (SSSR count). The zero-order valence-electron chi connectivity index (χ0n) is 13.1. The Bertz CT molecular complexity index is 762. The highest BCUT2D eigenvalue weighted by molar-refractivity contribution is 6.03. The number of benzene rings is 1. The Morgan fingerprint density at radius 2 is 1.91 bits per heavy atom. The number of carbonyl (C=O) groups is 2. The second kappa shape index (κ2) is 4.34. The average molecular weight is 316 g/mol. The smallest absolute Gasteiger partial charge is 0.326 e. The number of amides is 3. The summed E-state index contributed by atoms with van der Waals surface area (Å²) in [5, 5.41) is 0. The van der Waals surface area contributed by atoms with Crippen LogP contribution in [0.15, 0.2) is 30.4 Å². The highest BCUT2D eigenvalue weighted by atomic mass is 19.1. The molecule has 1 aliphatic heterocycles. The maximum absolute atomic E-state index is 16.0. The van der Waals surface area contributed by atoms with Gasteiger partial charge in [-0.1, -0.05) is 18.2 Å². The van der Waals surface area contributed by atoms with Crippen molar-refractivity contribution in [2.75, 3.05) is 21.2 Å². The van der Waals surface area contributed by atoms with Gasteiger partial charge in [0.05, 0.1) is 13.2 Å². The van der Waals surface area contributed by atoms with Crippen LogP contribution >= 0.6 is 0 Å². The van der Waals surface area contributed by atoms with Crippen LogP contribution < -0.4 is 4.74 Å². The molecule has 1 aromatic rings. The maximum Gasteiger partial charge on any atom is 0.326 e. The monoisotopic (exact) mass is 316 g/mol. The van der Waals surface area contributed by atoms with E-state index in [4.69, 9.17) is 4.74 Å². The molecule has 3 amide bonds. The predicted octanol–water partition coefficient (Wildman–Crippen LogP) is 2.05. The van der Waals surface area contributed by atoms with E-state index in [1.807, 2.05) is 18.2 Å². The number of hydrogen-bond acceptors (Lipinski definition) is 3. The molecule has 6 heteroatoms. The summed E-state index contributed by atoms with van der Waals surface area (Å²) in [6.45, 7) is 0. The van der Waals surface area contributed by atoms with Crippen molar-refractivity contribution >= 4 is 11.9 Å². The number of halogens is 1. The Morgan fingerprint density at radius 3 is 2.61 bits per heavy atom. The van der Waals surface area contributed by atoms with Gasteiger partial charge in [0, 0.05) is 25.9 Å². The fraction of sp³-hybridized carbons (Fsp3) is 0.412. The highest BCUT2D eigenvalue weighted by Crippen LogP contribution is 2.56. The molecule has 4 aliphatic rings. The van der Waals surface area contributed by atoms with Crippen molar-refractivity contribution in [1.29, 1.82) is 0 Å². The number of urea groups is 1. The number of imide groups is 1. The fourth-order valence-corrected chi connectivity index (χ4v) is 4.26. The summed E-state index contributed by atoms with van der Waals surface area (Å²) in [5.41, 5.74) is -0.426. The fourth-order valence-electron chi connectivity index (χ4n) is 4.26. The molecule has 0 N–H and O–H groups in total. The molecule has 0 saturated carbocycles. The zero-order valence-corrected chi connectivity index (χ0v) is 13.1. The van der Waals surface area contributed by atoms with Gasteiger partial charge in [-0.3, -0.25) is 9.69 Å². The maximum atomic E-state index is 16.0. The zero-order chi connectivity index (χ0) is 16.5. The lowest BCUT2D eigenvalue weighted by Gasteiger charge is -2.55. The van der Waals surface area contributed by atoms with Crippen molar-refractivity contribution in [2.45, 2.75) is 23.5 Å². The molecule has 0 radical (unpaired) electrons. The molecule has 1 heterocycles. The second-order valence-corrected chi connectivity index (χ2v) is 6.35. The van der Waals surface area contributed by atoms with E-state index in [2.05, 4.69) is 0 Å². The summed E-state index contributed by atoms with van der Waals surface area (Å²) >= 11 is 0. The van der Waals surface area contributed by atoms with E-state index in [0.29, 0.717) is 5.75 Å². The van der Waals surface area contributed by atoms with Gasteiger partial charge >= 0.3 is 6.03 Å². The van der Waals surface area contributed by atoms with Gasteiger partial charge in [0.2, 0.25) is 5.67 Å². The summed E-state index contributed by atoms with van der Waals surface area (Å²) in [7, 11) is 4.44. The molecule has 4 atom stereocenters. The normalized spacial score (nSPS) is 34.5. The summed E-state index contributed by atoms with van der Waals surface area (Å²) in [6, 6.07) is 4.23. The lowest BCUT2D eigenvalue weighted by Crippen LogP contribution is -2.72. The standard InChI is InChI=1S/C17H17FN2O3/c1-19-14-11-6-7-13(12-8-9(23-3)4-5-10(11)12)17(14,18)15(21)20(2)16(19)22/h4-8,11,13-14H,1-3H3. The Kier molecular flexibility index (Phi) is 2.69. The van der Waals surface area contributed by atoms with Gasteiger partial charge in [0.1, 0.15) is 5.75 Å². The number of nitrogens with zero attached hydrogens (tertiary/aromatic N) is 2. The van der Waals surface area contributed by atoms with E-state index in [-0.39, 0.29) is 5.92 Å². The minimum Gasteiger partial charge on any atom is -0.497 e. The molecular weight excluding hydrogens is 299 g/mol. The molecule has 0 aromatic heterocycles. The minimum atomic E-state index is -2.14. The number of alkyl halides is 1. The first kappa shape index (κ1) is 14.2. The summed E-state index contributed by atoms with van der Waals surface area (Å²) < 4.78 is 21.3. The summed E-state index contributed by atoms with van der Waals surface area (Å²) in [4.78, 5) is 27.1. The number of rotatable bonds is 1. The largest absolute Gasteiger partial charge is 0.497 e. The lowest BCUT2D eigenvalue weighted by atomic mass is 9.59. The molecule has 4 unspecified atom stereocenters. The molecule has 0 spiro atoms. The molecule has 1 fully saturated rings. The molecule has 3 aliphatic carbocycles. The van der Waals surface area contributed by atoms with Crippen LogP contribution in [-0.2, 0) is 4.79 Å². The van der Waals surface area contributed by atoms with Crippen LogP contribution in [0.1, 0.15) is 23.0 Å². The van der Waals surface area contributed by atoms with E-state index < -0.39 is 29.6 Å². The average Bonchev–Trinajstić information content (AvgIpc) is 2.58. The number of hydrogen-bond donors (Lipinski definition) is 0. The first-order valence-electron chi connectivity index (χ1n) is 7.51. The predicted molar refractivity (Wildman–Crippen MR) is 81.2 cm³/mol. The van der Waals surface area contributed by atoms with Crippen LogP contribution in [0, 0.1) is 0 Å². The Hall–Kier alpha value is -2.37. The molecule has 1 aromatic carbocycles. The van der Waals surface area contributed by atoms with Crippen molar-refractivity contribution in [3.63, 3.8) is 0 Å². The van der Waals surface area contributed by atoms with Crippen LogP contribution in [0.4, 0.5) is 9.18 Å². The molecule has 2 bridgehead atoms. The number of ether oxygens (including phenoxy) is 1. The van der Waals surface area contributed by atoms with Crippen molar-refractivity contribution < 1.29 is 18.7 Å². The quantitative estimate of drug-likeness (QED) is 0.745. The molecule has 5 nitrogen and oxygen atoms in total. The Labute approximate surface area is 133 Å². The van der Waals surface area contributed by atoms with E-state index in [1.54, 1.807) is 26.3 Å². The Morgan fingerprint density at radius 1 is 1.17 bits per heavy atom. The molecule has 23 heavy (non-hydrogen) atoms. The highest BCUT2D eigenvalue weighted by Gasteiger charge is 2.66. The van der Waals surface area contributed by atoms with Crippen LogP contribution in [-0.4, -0.2) is 54.7 Å². The van der Waals surface area contributed by atoms with Gasteiger partial charge in [-0.25, -0.2) is 9.18 Å². The SMILES string of the molecule is COc1ccc2c(c1)C1C=CC2C2N(C)C(=O)N(C)C(=O)C12F. The first-order chi connectivity index (χ1) is 10.9. The van der Waals surface area contributed by atoms with Crippen molar-refractivity contribution in [3.8, 4) is 5.75 Å². The van der Waals surface area contributed by atoms with Gasteiger partial charge in [-0.2, -0.15) is 0 Å². The van der Waals surface area contributed by atoms with Crippen LogP contribution in [0.3, 0.4) is 0 Å². The van der Waals surface area contributed by atoms with Crippen LogP contribution in [0.25, 0.3) is 0 Å². The van der Waals surface area contributed by atoms with Crippen molar-refractivity contribution in [1.82, 2.24) is 9.80 Å². The third-order valence-electron chi connectivity index (χ3n) is 5.36. The van der Waals surface area contributed by atoms with Gasteiger partial charge in [-0.15, -0.1) is 0 Å². The van der Waals surface area contributed by atoms with E-state index >= 15 is 4.39 Å². The summed E-state index contributed by atoms with van der Waals surface area (Å²) in [5.74, 6) is -1.19. The topological polar surface area (TPSA) is 49.9 Å². The molecule has 1 saturated heterocycles. The second-order valence-electron chi connectivity index (χ2n) is 6.35.